The van der Waals surface area contributed by atoms with E-state index in [2.05, 4.69) is 10.3 Å². The zero-order chi connectivity index (χ0) is 13.1. The summed E-state index contributed by atoms with van der Waals surface area (Å²) in [5, 5.41) is 2.78. The van der Waals surface area contributed by atoms with Crippen LogP contribution in [0.25, 0.3) is 0 Å². The Morgan fingerprint density at radius 3 is 2.94 bits per heavy atom. The molecule has 0 bridgehead atoms. The summed E-state index contributed by atoms with van der Waals surface area (Å²) < 4.78 is 32.6. The van der Waals surface area contributed by atoms with Crippen molar-refractivity contribution in [3.05, 3.63) is 17.7 Å². The lowest BCUT2D eigenvalue weighted by Crippen LogP contribution is -2.42. The second-order valence-corrected chi connectivity index (χ2v) is 4.28. The van der Waals surface area contributed by atoms with Gasteiger partial charge in [-0.1, -0.05) is 0 Å². The molecule has 1 N–H and O–H groups in total. The molecule has 0 radical (unpaired) electrons. The fourth-order valence-corrected chi connectivity index (χ4v) is 1.98. The standard InChI is InChI=1S/C12H17F2N3O/c1-3-15-11-9(13)6-10(14)12(16-11)17-4-5-18-8(2)7-17/h6,8H,3-5,7H2,1-2H3,(H,15,16). The fourth-order valence-electron chi connectivity index (χ4n) is 1.98. The van der Waals surface area contributed by atoms with Gasteiger partial charge >= 0.3 is 0 Å². The zero-order valence-electron chi connectivity index (χ0n) is 10.5. The molecule has 1 atom stereocenters. The first-order valence-corrected chi connectivity index (χ1v) is 6.08. The molecule has 1 aromatic rings. The average Bonchev–Trinajstić information content (AvgIpc) is 2.33. The zero-order valence-corrected chi connectivity index (χ0v) is 10.5. The molecule has 0 amide bonds. The van der Waals surface area contributed by atoms with E-state index in [4.69, 9.17) is 4.74 Å². The van der Waals surface area contributed by atoms with Crippen LogP contribution in [0.2, 0.25) is 0 Å². The number of halogens is 2. The number of rotatable bonds is 3. The van der Waals surface area contributed by atoms with Crippen LogP contribution in [0.3, 0.4) is 0 Å². The van der Waals surface area contributed by atoms with Crippen molar-refractivity contribution in [2.75, 3.05) is 36.5 Å². The molecule has 2 rings (SSSR count). The Morgan fingerprint density at radius 1 is 1.50 bits per heavy atom. The van der Waals surface area contributed by atoms with Crippen LogP contribution in [0, 0.1) is 11.6 Å². The predicted molar refractivity (Wildman–Crippen MR) is 65.9 cm³/mol. The summed E-state index contributed by atoms with van der Waals surface area (Å²) in [5.41, 5.74) is 0. The topological polar surface area (TPSA) is 37.4 Å². The first-order chi connectivity index (χ1) is 8.61. The third-order valence-corrected chi connectivity index (χ3v) is 2.80. The SMILES string of the molecule is CCNc1nc(N2CCOC(C)C2)c(F)cc1F. The average molecular weight is 257 g/mol. The van der Waals surface area contributed by atoms with Crippen LogP contribution in [0.15, 0.2) is 6.07 Å². The van der Waals surface area contributed by atoms with Crippen molar-refractivity contribution in [3.63, 3.8) is 0 Å². The van der Waals surface area contributed by atoms with Gasteiger partial charge in [-0.05, 0) is 13.8 Å². The van der Waals surface area contributed by atoms with E-state index in [1.807, 2.05) is 13.8 Å². The molecule has 1 aliphatic heterocycles. The lowest BCUT2D eigenvalue weighted by molar-refractivity contribution is 0.0527. The van der Waals surface area contributed by atoms with Crippen molar-refractivity contribution in [1.29, 1.82) is 0 Å². The van der Waals surface area contributed by atoms with E-state index in [1.54, 1.807) is 4.90 Å². The number of morpholine rings is 1. The molecule has 100 valence electrons. The van der Waals surface area contributed by atoms with Crippen LogP contribution < -0.4 is 10.2 Å². The second kappa shape index (κ2) is 5.48. The van der Waals surface area contributed by atoms with Crippen molar-refractivity contribution in [2.45, 2.75) is 20.0 Å². The highest BCUT2D eigenvalue weighted by Gasteiger charge is 2.22. The van der Waals surface area contributed by atoms with Gasteiger partial charge in [-0.15, -0.1) is 0 Å². The molecule has 1 saturated heterocycles. The summed E-state index contributed by atoms with van der Waals surface area (Å²) in [5.74, 6) is -1.03. The van der Waals surface area contributed by atoms with Crippen LogP contribution in [-0.2, 0) is 4.74 Å². The molecule has 18 heavy (non-hydrogen) atoms. The third-order valence-electron chi connectivity index (χ3n) is 2.80. The van der Waals surface area contributed by atoms with Crippen LogP contribution in [0.4, 0.5) is 20.4 Å². The maximum atomic E-state index is 13.8. The maximum absolute atomic E-state index is 13.8. The Hall–Kier alpha value is -1.43. The Morgan fingerprint density at radius 2 is 2.28 bits per heavy atom. The van der Waals surface area contributed by atoms with Gasteiger partial charge in [0, 0.05) is 25.7 Å². The van der Waals surface area contributed by atoms with Crippen LogP contribution in [-0.4, -0.2) is 37.3 Å². The molecule has 0 saturated carbocycles. The first-order valence-electron chi connectivity index (χ1n) is 6.08. The Balaban J connectivity index is 2.28. The smallest absolute Gasteiger partial charge is 0.168 e. The Kier molecular flexibility index (Phi) is 3.96. The number of hydrogen-bond acceptors (Lipinski definition) is 4. The fraction of sp³-hybridized carbons (Fsp3) is 0.583. The van der Waals surface area contributed by atoms with Gasteiger partial charge in [-0.3, -0.25) is 0 Å². The van der Waals surface area contributed by atoms with E-state index >= 15 is 0 Å². The van der Waals surface area contributed by atoms with E-state index in [-0.39, 0.29) is 17.7 Å². The van der Waals surface area contributed by atoms with Crippen LogP contribution in [0.5, 0.6) is 0 Å². The number of ether oxygens (including phenoxy) is 1. The number of pyridine rings is 1. The highest BCUT2D eigenvalue weighted by molar-refractivity contribution is 5.49. The lowest BCUT2D eigenvalue weighted by atomic mass is 10.3. The normalized spacial score (nSPS) is 20.0. The van der Waals surface area contributed by atoms with E-state index in [1.165, 1.54) is 0 Å². The van der Waals surface area contributed by atoms with Crippen molar-refractivity contribution in [3.8, 4) is 0 Å². The van der Waals surface area contributed by atoms with Crippen molar-refractivity contribution in [1.82, 2.24) is 4.98 Å². The van der Waals surface area contributed by atoms with E-state index in [0.29, 0.717) is 26.2 Å². The van der Waals surface area contributed by atoms with Gasteiger partial charge in [-0.2, -0.15) is 0 Å². The number of nitrogens with one attached hydrogen (secondary N) is 1. The first kappa shape index (κ1) is 13.0. The van der Waals surface area contributed by atoms with Crippen molar-refractivity contribution < 1.29 is 13.5 Å². The third kappa shape index (κ3) is 2.69. The summed E-state index contributed by atoms with van der Waals surface area (Å²) >= 11 is 0. The lowest BCUT2D eigenvalue weighted by Gasteiger charge is -2.32. The van der Waals surface area contributed by atoms with Gasteiger partial charge in [0.1, 0.15) is 0 Å². The van der Waals surface area contributed by atoms with Gasteiger partial charge in [0.25, 0.3) is 0 Å². The molecule has 0 aliphatic carbocycles. The molecule has 4 nitrogen and oxygen atoms in total. The van der Waals surface area contributed by atoms with Gasteiger partial charge in [0.15, 0.2) is 23.3 Å². The summed E-state index contributed by atoms with van der Waals surface area (Å²) in [4.78, 5) is 5.81. The minimum Gasteiger partial charge on any atom is -0.375 e. The minimum atomic E-state index is -0.667. The maximum Gasteiger partial charge on any atom is 0.168 e. The van der Waals surface area contributed by atoms with Gasteiger partial charge in [0.05, 0.1) is 12.7 Å². The minimum absolute atomic E-state index is 0.0209. The van der Waals surface area contributed by atoms with Gasteiger partial charge < -0.3 is 15.0 Å². The molecular formula is C12H17F2N3O. The molecule has 0 spiro atoms. The number of aromatic nitrogens is 1. The van der Waals surface area contributed by atoms with Crippen LogP contribution in [0.1, 0.15) is 13.8 Å². The molecule has 1 fully saturated rings. The Bertz CT molecular complexity index is 428. The summed E-state index contributed by atoms with van der Waals surface area (Å²) in [6.45, 7) is 5.93. The molecular weight excluding hydrogens is 240 g/mol. The molecule has 0 aromatic carbocycles. The van der Waals surface area contributed by atoms with E-state index < -0.39 is 11.6 Å². The van der Waals surface area contributed by atoms with Crippen LogP contribution >= 0.6 is 0 Å². The second-order valence-electron chi connectivity index (χ2n) is 4.28. The van der Waals surface area contributed by atoms with Crippen molar-refractivity contribution in [2.24, 2.45) is 0 Å². The number of hydrogen-bond donors (Lipinski definition) is 1. The molecule has 1 aliphatic rings. The number of anilines is 2. The van der Waals surface area contributed by atoms with Crippen molar-refractivity contribution >= 4 is 11.6 Å². The highest BCUT2D eigenvalue weighted by atomic mass is 19.1. The number of nitrogens with zero attached hydrogens (tertiary/aromatic N) is 2. The van der Waals surface area contributed by atoms with E-state index in [9.17, 15) is 8.78 Å². The summed E-state index contributed by atoms with van der Waals surface area (Å²) in [6.07, 6.45) is 0.0209. The highest BCUT2D eigenvalue weighted by Crippen LogP contribution is 2.23. The predicted octanol–water partition coefficient (Wildman–Crippen LogP) is 2.02. The monoisotopic (exact) mass is 257 g/mol. The molecule has 6 heteroatoms. The van der Waals surface area contributed by atoms with Gasteiger partial charge in [-0.25, -0.2) is 13.8 Å². The molecule has 2 heterocycles. The quantitative estimate of drug-likeness (QED) is 0.899. The van der Waals surface area contributed by atoms with E-state index in [0.717, 1.165) is 6.07 Å². The summed E-state index contributed by atoms with van der Waals surface area (Å²) in [7, 11) is 0. The Labute approximate surface area is 105 Å². The molecule has 1 unspecified atom stereocenters. The molecule has 1 aromatic heterocycles. The summed E-state index contributed by atoms with van der Waals surface area (Å²) in [6, 6.07) is 0.875. The largest absolute Gasteiger partial charge is 0.375 e. The van der Waals surface area contributed by atoms with Gasteiger partial charge in [0.2, 0.25) is 0 Å².